The summed E-state index contributed by atoms with van der Waals surface area (Å²) in [5, 5.41) is 24.8. The summed E-state index contributed by atoms with van der Waals surface area (Å²) >= 11 is 6.68. The molecule has 1 unspecified atom stereocenters. The lowest BCUT2D eigenvalue weighted by molar-refractivity contribution is 0.277. The minimum Gasteiger partial charge on any atom is -0.390 e. The minimum atomic E-state index is -0.143. The van der Waals surface area contributed by atoms with E-state index in [1.165, 1.54) is 11.1 Å². The van der Waals surface area contributed by atoms with Crippen LogP contribution < -0.4 is 0 Å². The van der Waals surface area contributed by atoms with E-state index in [0.29, 0.717) is 16.7 Å². The van der Waals surface area contributed by atoms with Crippen LogP contribution in [0.25, 0.3) is 22.5 Å². The Balaban J connectivity index is 1.53. The monoisotopic (exact) mass is 448 g/mol. The molecule has 8 heteroatoms. The summed E-state index contributed by atoms with van der Waals surface area (Å²) in [6.45, 7) is 2.02. The lowest BCUT2D eigenvalue weighted by Gasteiger charge is -2.19. The third kappa shape index (κ3) is 3.61. The van der Waals surface area contributed by atoms with E-state index in [1.54, 1.807) is 0 Å². The fourth-order valence-corrected chi connectivity index (χ4v) is 4.99. The molecule has 0 fully saturated rings. The number of H-pyrrole nitrogens is 1. The second kappa shape index (κ2) is 8.84. The SMILES string of the molecule is CCCCc1nc(CO)c(Cl)n1C1CCc2cc(-c3ccccc3-c3nn[nH]n3)ccc21. The van der Waals surface area contributed by atoms with Gasteiger partial charge in [-0.1, -0.05) is 67.4 Å². The molecule has 0 saturated heterocycles. The normalized spacial score (nSPS) is 15.3. The number of rotatable bonds is 7. The van der Waals surface area contributed by atoms with Gasteiger partial charge in [0.15, 0.2) is 0 Å². The number of aryl methyl sites for hydroxylation is 2. The average Bonchev–Trinajstić information content (AvgIpc) is 3.56. The molecule has 2 aromatic carbocycles. The Bertz CT molecular complexity index is 1230. The summed E-state index contributed by atoms with van der Waals surface area (Å²) < 4.78 is 2.14. The zero-order chi connectivity index (χ0) is 22.1. The van der Waals surface area contributed by atoms with Crippen molar-refractivity contribution in [1.82, 2.24) is 30.2 Å². The first-order valence-corrected chi connectivity index (χ1v) is 11.4. The van der Waals surface area contributed by atoms with Gasteiger partial charge >= 0.3 is 0 Å². The molecule has 0 aliphatic heterocycles. The topological polar surface area (TPSA) is 92.5 Å². The van der Waals surface area contributed by atoms with E-state index in [1.807, 2.05) is 18.2 Å². The van der Waals surface area contributed by atoms with Crippen LogP contribution in [0.5, 0.6) is 0 Å². The van der Waals surface area contributed by atoms with E-state index in [2.05, 4.69) is 61.4 Å². The molecule has 1 atom stereocenters. The molecule has 0 spiro atoms. The van der Waals surface area contributed by atoms with Crippen LogP contribution >= 0.6 is 11.6 Å². The Morgan fingerprint density at radius 3 is 2.78 bits per heavy atom. The Labute approximate surface area is 191 Å². The lowest BCUT2D eigenvalue weighted by Crippen LogP contribution is -2.12. The molecule has 32 heavy (non-hydrogen) atoms. The largest absolute Gasteiger partial charge is 0.390 e. The number of aromatic amines is 1. The Morgan fingerprint density at radius 2 is 2.03 bits per heavy atom. The van der Waals surface area contributed by atoms with Crippen LogP contribution in [0.2, 0.25) is 5.15 Å². The molecule has 1 aliphatic carbocycles. The molecule has 0 bridgehead atoms. The number of benzene rings is 2. The first kappa shape index (κ1) is 20.8. The fraction of sp³-hybridized carbons (Fsp3) is 0.333. The van der Waals surface area contributed by atoms with Crippen molar-refractivity contribution in [2.75, 3.05) is 0 Å². The number of aliphatic hydroxyl groups is 1. The molecule has 0 radical (unpaired) electrons. The maximum absolute atomic E-state index is 9.71. The molecular weight excluding hydrogens is 424 g/mol. The van der Waals surface area contributed by atoms with Crippen molar-refractivity contribution in [1.29, 1.82) is 0 Å². The lowest BCUT2D eigenvalue weighted by atomic mass is 9.96. The van der Waals surface area contributed by atoms with Crippen LogP contribution in [0.15, 0.2) is 42.5 Å². The van der Waals surface area contributed by atoms with Crippen molar-refractivity contribution in [3.8, 4) is 22.5 Å². The molecule has 4 aromatic rings. The summed E-state index contributed by atoms with van der Waals surface area (Å²) in [5.41, 5.74) is 6.30. The second-order valence-electron chi connectivity index (χ2n) is 8.15. The van der Waals surface area contributed by atoms with Crippen LogP contribution in [-0.4, -0.2) is 35.3 Å². The number of imidazole rings is 1. The van der Waals surface area contributed by atoms with E-state index in [9.17, 15) is 5.11 Å². The third-order valence-corrected chi connectivity index (χ3v) is 6.62. The zero-order valence-electron chi connectivity index (χ0n) is 17.9. The summed E-state index contributed by atoms with van der Waals surface area (Å²) in [6.07, 6.45) is 4.92. The van der Waals surface area contributed by atoms with Crippen LogP contribution in [0, 0.1) is 0 Å². The molecule has 1 aliphatic rings. The van der Waals surface area contributed by atoms with Gasteiger partial charge in [-0.2, -0.15) is 5.21 Å². The number of unbranched alkanes of at least 4 members (excludes halogenated alkanes) is 1. The molecule has 0 saturated carbocycles. The molecule has 7 nitrogen and oxygen atoms in total. The number of fused-ring (bicyclic) bond motifs is 1. The van der Waals surface area contributed by atoms with Crippen LogP contribution in [0.1, 0.15) is 54.9 Å². The van der Waals surface area contributed by atoms with Gasteiger partial charge in [-0.15, -0.1) is 10.2 Å². The highest BCUT2D eigenvalue weighted by atomic mass is 35.5. The molecule has 0 amide bonds. The van der Waals surface area contributed by atoms with Crippen molar-refractivity contribution in [2.24, 2.45) is 0 Å². The van der Waals surface area contributed by atoms with Gasteiger partial charge in [-0.25, -0.2) is 4.98 Å². The summed E-state index contributed by atoms with van der Waals surface area (Å²) in [6, 6.07) is 14.9. The van der Waals surface area contributed by atoms with Gasteiger partial charge in [0.2, 0.25) is 5.82 Å². The molecule has 2 N–H and O–H groups in total. The molecule has 2 heterocycles. The second-order valence-corrected chi connectivity index (χ2v) is 8.50. The Kier molecular flexibility index (Phi) is 5.76. The van der Waals surface area contributed by atoms with Crippen molar-refractivity contribution in [3.63, 3.8) is 0 Å². The maximum Gasteiger partial charge on any atom is 0.205 e. The van der Waals surface area contributed by atoms with E-state index < -0.39 is 0 Å². The van der Waals surface area contributed by atoms with Crippen molar-refractivity contribution < 1.29 is 5.11 Å². The maximum atomic E-state index is 9.71. The fourth-order valence-electron chi connectivity index (χ4n) is 4.67. The first-order valence-electron chi connectivity index (χ1n) is 11.0. The van der Waals surface area contributed by atoms with Crippen LogP contribution in [0.4, 0.5) is 0 Å². The number of aliphatic hydroxyl groups excluding tert-OH is 1. The van der Waals surface area contributed by atoms with Gasteiger partial charge in [0.1, 0.15) is 16.7 Å². The van der Waals surface area contributed by atoms with E-state index >= 15 is 0 Å². The third-order valence-electron chi connectivity index (χ3n) is 6.22. The van der Waals surface area contributed by atoms with Crippen LogP contribution in [0.3, 0.4) is 0 Å². The summed E-state index contributed by atoms with van der Waals surface area (Å²) in [7, 11) is 0. The molecular formula is C24H25ClN6O. The van der Waals surface area contributed by atoms with Crippen molar-refractivity contribution in [3.05, 3.63) is 70.3 Å². The smallest absolute Gasteiger partial charge is 0.205 e. The number of halogens is 1. The highest BCUT2D eigenvalue weighted by molar-refractivity contribution is 6.30. The standard InChI is InChI=1S/C24H25ClN6O/c1-2-3-8-22-26-20(14-32)23(25)31(22)21-12-10-16-13-15(9-11-18(16)21)17-6-4-5-7-19(17)24-27-29-30-28-24/h4-7,9,11,13,21,32H,2-3,8,10,12,14H2,1H3,(H,27,28,29,30). The van der Waals surface area contributed by atoms with Crippen LogP contribution in [-0.2, 0) is 19.4 Å². The van der Waals surface area contributed by atoms with Gasteiger partial charge in [-0.05, 0) is 46.7 Å². The highest BCUT2D eigenvalue weighted by Gasteiger charge is 2.29. The summed E-state index contributed by atoms with van der Waals surface area (Å²) in [5.74, 6) is 1.55. The molecule has 5 rings (SSSR count). The number of nitrogens with zero attached hydrogens (tertiary/aromatic N) is 5. The Hall–Kier alpha value is -3.03. The number of aromatic nitrogens is 6. The van der Waals surface area contributed by atoms with Gasteiger partial charge in [0.05, 0.1) is 12.6 Å². The number of nitrogens with one attached hydrogen (secondary N) is 1. The zero-order valence-corrected chi connectivity index (χ0v) is 18.7. The van der Waals surface area contributed by atoms with Gasteiger partial charge in [-0.3, -0.25) is 0 Å². The minimum absolute atomic E-state index is 0.138. The van der Waals surface area contributed by atoms with E-state index in [0.717, 1.165) is 54.6 Å². The molecule has 164 valence electrons. The van der Waals surface area contributed by atoms with Crippen molar-refractivity contribution in [2.45, 2.75) is 51.7 Å². The van der Waals surface area contributed by atoms with Gasteiger partial charge in [0.25, 0.3) is 0 Å². The number of hydrogen-bond donors (Lipinski definition) is 2. The number of tetrazole rings is 1. The average molecular weight is 449 g/mol. The highest BCUT2D eigenvalue weighted by Crippen LogP contribution is 2.41. The predicted octanol–water partition coefficient (Wildman–Crippen LogP) is 4.75. The summed E-state index contributed by atoms with van der Waals surface area (Å²) in [4.78, 5) is 4.65. The first-order chi connectivity index (χ1) is 15.7. The van der Waals surface area contributed by atoms with E-state index in [-0.39, 0.29) is 12.6 Å². The number of hydrogen-bond acceptors (Lipinski definition) is 5. The quantitative estimate of drug-likeness (QED) is 0.425. The Morgan fingerprint density at radius 1 is 1.19 bits per heavy atom. The predicted molar refractivity (Wildman–Crippen MR) is 123 cm³/mol. The van der Waals surface area contributed by atoms with Crippen molar-refractivity contribution >= 4 is 11.6 Å². The molecule has 2 aromatic heterocycles. The van der Waals surface area contributed by atoms with Gasteiger partial charge in [0, 0.05) is 12.0 Å². The van der Waals surface area contributed by atoms with E-state index in [4.69, 9.17) is 11.6 Å². The van der Waals surface area contributed by atoms with Gasteiger partial charge < -0.3 is 9.67 Å².